The molecule has 1 saturated heterocycles. The molecule has 1 aliphatic carbocycles. The molecule has 14 heavy (non-hydrogen) atoms. The minimum Gasteiger partial charge on any atom is -0.347 e. The summed E-state index contributed by atoms with van der Waals surface area (Å²) in [5, 5.41) is 0.946. The summed E-state index contributed by atoms with van der Waals surface area (Å²) in [5.41, 5.74) is 1.42. The second kappa shape index (κ2) is 4.77. The fourth-order valence-electron chi connectivity index (χ4n) is 2.20. The van der Waals surface area contributed by atoms with Crippen LogP contribution in [0.4, 0.5) is 0 Å². The average molecular weight is 261 g/mol. The molecule has 0 atom stereocenters. The zero-order valence-electron chi connectivity index (χ0n) is 8.43. The first-order valence-corrected chi connectivity index (χ1v) is 6.49. The SMILES string of the molecule is BrC/C1=C/CCCCC2(C1)OCCO2. The minimum absolute atomic E-state index is 0.278. The zero-order chi connectivity index (χ0) is 9.86. The Hall–Kier alpha value is 0.140. The summed E-state index contributed by atoms with van der Waals surface area (Å²) in [4.78, 5) is 0. The van der Waals surface area contributed by atoms with Gasteiger partial charge in [-0.25, -0.2) is 0 Å². The molecule has 1 fully saturated rings. The quantitative estimate of drug-likeness (QED) is 0.533. The van der Waals surface area contributed by atoms with Gasteiger partial charge in [-0.15, -0.1) is 0 Å². The molecule has 2 aliphatic rings. The van der Waals surface area contributed by atoms with Crippen LogP contribution >= 0.6 is 15.9 Å². The van der Waals surface area contributed by atoms with Gasteiger partial charge in [-0.2, -0.15) is 0 Å². The van der Waals surface area contributed by atoms with E-state index in [2.05, 4.69) is 22.0 Å². The molecule has 0 N–H and O–H groups in total. The molecule has 2 rings (SSSR count). The maximum Gasteiger partial charge on any atom is 0.172 e. The number of allylic oxidation sites excluding steroid dienone is 1. The molecule has 2 nitrogen and oxygen atoms in total. The highest BCUT2D eigenvalue weighted by atomic mass is 79.9. The van der Waals surface area contributed by atoms with E-state index < -0.39 is 0 Å². The van der Waals surface area contributed by atoms with Crippen molar-refractivity contribution < 1.29 is 9.47 Å². The van der Waals surface area contributed by atoms with Crippen molar-refractivity contribution in [2.24, 2.45) is 0 Å². The van der Waals surface area contributed by atoms with Crippen LogP contribution in [0.1, 0.15) is 32.1 Å². The summed E-state index contributed by atoms with van der Waals surface area (Å²) >= 11 is 3.52. The van der Waals surface area contributed by atoms with Crippen LogP contribution in [0.2, 0.25) is 0 Å². The van der Waals surface area contributed by atoms with Crippen LogP contribution in [0.25, 0.3) is 0 Å². The molecule has 0 radical (unpaired) electrons. The van der Waals surface area contributed by atoms with E-state index in [0.29, 0.717) is 0 Å². The van der Waals surface area contributed by atoms with E-state index in [1.807, 2.05) is 0 Å². The van der Waals surface area contributed by atoms with Crippen LogP contribution in [0.3, 0.4) is 0 Å². The Kier molecular flexibility index (Phi) is 3.63. The first-order chi connectivity index (χ1) is 6.85. The summed E-state index contributed by atoms with van der Waals surface area (Å²) in [6.45, 7) is 1.52. The highest BCUT2D eigenvalue weighted by Crippen LogP contribution is 2.34. The molecule has 80 valence electrons. The van der Waals surface area contributed by atoms with Crippen LogP contribution in [0.15, 0.2) is 11.6 Å². The lowest BCUT2D eigenvalue weighted by atomic mass is 9.95. The van der Waals surface area contributed by atoms with Gasteiger partial charge < -0.3 is 9.47 Å². The van der Waals surface area contributed by atoms with E-state index >= 15 is 0 Å². The lowest BCUT2D eigenvalue weighted by Gasteiger charge is -2.29. The fourth-order valence-corrected chi connectivity index (χ4v) is 2.62. The highest BCUT2D eigenvalue weighted by molar-refractivity contribution is 9.09. The Morgan fingerprint density at radius 3 is 2.79 bits per heavy atom. The number of rotatable bonds is 1. The van der Waals surface area contributed by atoms with E-state index in [0.717, 1.165) is 31.4 Å². The Bertz CT molecular complexity index is 219. The van der Waals surface area contributed by atoms with Gasteiger partial charge in [-0.05, 0) is 19.3 Å². The predicted octanol–water partition coefficient (Wildman–Crippen LogP) is 3.01. The Labute approximate surface area is 93.8 Å². The van der Waals surface area contributed by atoms with Gasteiger partial charge in [0.1, 0.15) is 0 Å². The van der Waals surface area contributed by atoms with Crippen LogP contribution < -0.4 is 0 Å². The monoisotopic (exact) mass is 260 g/mol. The standard InChI is InChI=1S/C11H17BrO2/c12-9-10-4-2-1-3-5-11(8-10)13-6-7-14-11/h4H,1-3,5-9H2/b10-4+. The molecular formula is C11H17BrO2. The van der Waals surface area contributed by atoms with Crippen molar-refractivity contribution in [3.8, 4) is 0 Å². The number of ether oxygens (including phenoxy) is 2. The normalized spacial score (nSPS) is 30.8. The largest absolute Gasteiger partial charge is 0.347 e. The second-order valence-electron chi connectivity index (χ2n) is 4.03. The molecule has 1 heterocycles. The third-order valence-corrected chi connectivity index (χ3v) is 3.65. The molecule has 0 aromatic rings. The molecular weight excluding hydrogens is 244 g/mol. The maximum absolute atomic E-state index is 5.77. The van der Waals surface area contributed by atoms with Gasteiger partial charge in [0, 0.05) is 18.2 Å². The lowest BCUT2D eigenvalue weighted by molar-refractivity contribution is -0.162. The van der Waals surface area contributed by atoms with E-state index in [9.17, 15) is 0 Å². The smallest absolute Gasteiger partial charge is 0.172 e. The molecule has 0 saturated carbocycles. The number of alkyl halides is 1. The molecule has 0 amide bonds. The van der Waals surface area contributed by atoms with E-state index in [4.69, 9.17) is 9.47 Å². The molecule has 1 aliphatic heterocycles. The van der Waals surface area contributed by atoms with Crippen molar-refractivity contribution in [2.75, 3.05) is 18.5 Å². The maximum atomic E-state index is 5.77. The minimum atomic E-state index is -0.278. The summed E-state index contributed by atoms with van der Waals surface area (Å²) in [6.07, 6.45) is 8.00. The lowest BCUT2D eigenvalue weighted by Crippen LogP contribution is -2.31. The molecule has 3 heteroatoms. The van der Waals surface area contributed by atoms with Gasteiger partial charge in [0.2, 0.25) is 0 Å². The topological polar surface area (TPSA) is 18.5 Å². The number of halogens is 1. The molecule has 0 aromatic heterocycles. The van der Waals surface area contributed by atoms with Crippen molar-refractivity contribution in [1.82, 2.24) is 0 Å². The van der Waals surface area contributed by atoms with Gasteiger partial charge in [0.05, 0.1) is 13.2 Å². The van der Waals surface area contributed by atoms with Gasteiger partial charge >= 0.3 is 0 Å². The van der Waals surface area contributed by atoms with Crippen molar-refractivity contribution in [1.29, 1.82) is 0 Å². The molecule has 1 spiro atoms. The Morgan fingerprint density at radius 2 is 2.07 bits per heavy atom. The fraction of sp³-hybridized carbons (Fsp3) is 0.818. The average Bonchev–Trinajstić information content (AvgIpc) is 2.61. The van der Waals surface area contributed by atoms with Crippen molar-refractivity contribution in [2.45, 2.75) is 37.9 Å². The summed E-state index contributed by atoms with van der Waals surface area (Å²) < 4.78 is 11.5. The summed E-state index contributed by atoms with van der Waals surface area (Å²) in [6, 6.07) is 0. The molecule has 0 aromatic carbocycles. The zero-order valence-corrected chi connectivity index (χ0v) is 10.0. The van der Waals surface area contributed by atoms with Gasteiger partial charge in [-0.1, -0.05) is 27.6 Å². The third-order valence-electron chi connectivity index (χ3n) is 2.93. The van der Waals surface area contributed by atoms with Crippen molar-refractivity contribution >= 4 is 15.9 Å². The highest BCUT2D eigenvalue weighted by Gasteiger charge is 2.36. The Balaban J connectivity index is 2.08. The van der Waals surface area contributed by atoms with E-state index in [1.54, 1.807) is 0 Å². The second-order valence-corrected chi connectivity index (χ2v) is 4.59. The van der Waals surface area contributed by atoms with E-state index in [-0.39, 0.29) is 5.79 Å². The number of hydrogen-bond acceptors (Lipinski definition) is 2. The third kappa shape index (κ3) is 2.38. The molecule has 0 unspecified atom stereocenters. The predicted molar refractivity (Wildman–Crippen MR) is 59.6 cm³/mol. The first-order valence-electron chi connectivity index (χ1n) is 5.36. The van der Waals surface area contributed by atoms with Crippen LogP contribution in [-0.4, -0.2) is 24.3 Å². The number of hydrogen-bond donors (Lipinski definition) is 0. The van der Waals surface area contributed by atoms with Crippen molar-refractivity contribution in [3.05, 3.63) is 11.6 Å². The van der Waals surface area contributed by atoms with Crippen LogP contribution in [0, 0.1) is 0 Å². The van der Waals surface area contributed by atoms with Gasteiger partial charge in [0.25, 0.3) is 0 Å². The molecule has 0 bridgehead atoms. The summed E-state index contributed by atoms with van der Waals surface area (Å²) in [5.74, 6) is -0.278. The van der Waals surface area contributed by atoms with Crippen LogP contribution in [0.5, 0.6) is 0 Å². The Morgan fingerprint density at radius 1 is 1.29 bits per heavy atom. The van der Waals surface area contributed by atoms with E-state index in [1.165, 1.54) is 24.8 Å². The van der Waals surface area contributed by atoms with Gasteiger partial charge in [-0.3, -0.25) is 0 Å². The van der Waals surface area contributed by atoms with Crippen molar-refractivity contribution in [3.63, 3.8) is 0 Å². The van der Waals surface area contributed by atoms with Gasteiger partial charge in [0.15, 0.2) is 5.79 Å². The summed E-state index contributed by atoms with van der Waals surface area (Å²) in [7, 11) is 0. The van der Waals surface area contributed by atoms with Crippen LogP contribution in [-0.2, 0) is 9.47 Å². The first kappa shape index (κ1) is 10.7.